The van der Waals surface area contributed by atoms with Crippen molar-refractivity contribution in [2.75, 3.05) is 31.6 Å². The van der Waals surface area contributed by atoms with Gasteiger partial charge in [-0.3, -0.25) is 9.59 Å². The smallest absolute Gasteiger partial charge is 0.328 e. The van der Waals surface area contributed by atoms with Crippen molar-refractivity contribution in [3.8, 4) is 0 Å². The van der Waals surface area contributed by atoms with E-state index in [-0.39, 0.29) is 37.1 Å². The Bertz CT molecular complexity index is 1330. The second kappa shape index (κ2) is 18.6. The van der Waals surface area contributed by atoms with Gasteiger partial charge in [-0.05, 0) is 68.2 Å². The van der Waals surface area contributed by atoms with E-state index in [2.05, 4.69) is 27.5 Å². The van der Waals surface area contributed by atoms with Crippen LogP contribution in [-0.4, -0.2) is 77.2 Å². The molecule has 11 heteroatoms. The molecule has 0 bridgehead atoms. The van der Waals surface area contributed by atoms with Crippen LogP contribution < -0.4 is 16.0 Å². The number of benzene rings is 1. The number of carboxylic acids is 1. The summed E-state index contributed by atoms with van der Waals surface area (Å²) in [5.41, 5.74) is 1.03. The molecule has 3 atom stereocenters. The Morgan fingerprint density at radius 1 is 0.939 bits per heavy atom. The Balaban J connectivity index is 1.12. The van der Waals surface area contributed by atoms with E-state index in [0.29, 0.717) is 43.8 Å². The summed E-state index contributed by atoms with van der Waals surface area (Å²) in [5, 5.41) is 18.8. The van der Waals surface area contributed by atoms with E-state index in [1.54, 1.807) is 6.20 Å². The SMILES string of the molecule is C=C(OCc1ccccc1)N1C[C@H](OCC(=O)NCC(NC(=O)C(C2CCCCC2)C2CCCCC2)C(=O)O)C[C@H]1CNc1ccccn1. The number of pyridine rings is 1. The molecule has 2 aromatic rings. The number of carbonyl (C=O) groups excluding carboxylic acids is 2. The highest BCUT2D eigenvalue weighted by Crippen LogP contribution is 2.40. The highest BCUT2D eigenvalue weighted by atomic mass is 16.5. The molecule has 3 fully saturated rings. The van der Waals surface area contributed by atoms with Crippen LogP contribution in [0.5, 0.6) is 0 Å². The lowest BCUT2D eigenvalue weighted by molar-refractivity contribution is -0.143. The second-order valence-electron chi connectivity index (χ2n) is 13.8. The zero-order chi connectivity index (χ0) is 34.4. The summed E-state index contributed by atoms with van der Waals surface area (Å²) in [6, 6.07) is 14.3. The predicted octanol–water partition coefficient (Wildman–Crippen LogP) is 5.10. The third-order valence-electron chi connectivity index (χ3n) is 10.3. The lowest BCUT2D eigenvalue weighted by Gasteiger charge is -2.37. The zero-order valence-corrected chi connectivity index (χ0v) is 28.6. The Morgan fingerprint density at radius 3 is 2.24 bits per heavy atom. The molecule has 266 valence electrons. The number of amides is 2. The van der Waals surface area contributed by atoms with E-state index in [1.165, 1.54) is 12.8 Å². The minimum absolute atomic E-state index is 0.0220. The number of hydrogen-bond donors (Lipinski definition) is 4. The van der Waals surface area contributed by atoms with Crippen LogP contribution in [-0.2, 0) is 30.5 Å². The number of aliphatic carboxylic acids is 1. The Hall–Kier alpha value is -4.12. The van der Waals surface area contributed by atoms with Crippen molar-refractivity contribution in [1.82, 2.24) is 20.5 Å². The molecule has 0 radical (unpaired) electrons. The maximum Gasteiger partial charge on any atom is 0.328 e. The first-order chi connectivity index (χ1) is 23.9. The summed E-state index contributed by atoms with van der Waals surface area (Å²) in [6.45, 7) is 5.18. The molecule has 1 aliphatic heterocycles. The van der Waals surface area contributed by atoms with Crippen molar-refractivity contribution in [1.29, 1.82) is 0 Å². The number of likely N-dealkylation sites (tertiary alicyclic amines) is 1. The van der Waals surface area contributed by atoms with Crippen LogP contribution in [0.15, 0.2) is 67.2 Å². The van der Waals surface area contributed by atoms with Crippen LogP contribution in [0.3, 0.4) is 0 Å². The third kappa shape index (κ3) is 10.9. The van der Waals surface area contributed by atoms with Gasteiger partial charge in [0, 0.05) is 31.7 Å². The first-order valence-electron chi connectivity index (χ1n) is 18.1. The Kier molecular flexibility index (Phi) is 13.7. The van der Waals surface area contributed by atoms with Gasteiger partial charge in [-0.15, -0.1) is 0 Å². The van der Waals surface area contributed by atoms with Gasteiger partial charge in [0.05, 0.1) is 12.1 Å². The highest BCUT2D eigenvalue weighted by molar-refractivity contribution is 5.86. The van der Waals surface area contributed by atoms with E-state index in [4.69, 9.17) is 9.47 Å². The molecule has 49 heavy (non-hydrogen) atoms. The maximum atomic E-state index is 13.6. The Morgan fingerprint density at radius 2 is 1.61 bits per heavy atom. The van der Waals surface area contributed by atoms with Crippen LogP contribution in [0.2, 0.25) is 0 Å². The van der Waals surface area contributed by atoms with Crippen LogP contribution >= 0.6 is 0 Å². The van der Waals surface area contributed by atoms with Gasteiger partial charge >= 0.3 is 5.97 Å². The highest BCUT2D eigenvalue weighted by Gasteiger charge is 2.38. The van der Waals surface area contributed by atoms with Crippen LogP contribution in [0.25, 0.3) is 0 Å². The molecule has 4 N–H and O–H groups in total. The van der Waals surface area contributed by atoms with Gasteiger partial charge in [0.15, 0.2) is 5.88 Å². The summed E-state index contributed by atoms with van der Waals surface area (Å²) in [5.74, 6) is -0.0770. The van der Waals surface area contributed by atoms with Crippen LogP contribution in [0, 0.1) is 17.8 Å². The molecule has 1 saturated heterocycles. The molecule has 2 amide bonds. The quantitative estimate of drug-likeness (QED) is 0.169. The van der Waals surface area contributed by atoms with Gasteiger partial charge in [-0.2, -0.15) is 0 Å². The van der Waals surface area contributed by atoms with E-state index in [9.17, 15) is 19.5 Å². The zero-order valence-electron chi connectivity index (χ0n) is 28.6. The Labute approximate surface area is 290 Å². The summed E-state index contributed by atoms with van der Waals surface area (Å²) in [7, 11) is 0. The molecule has 2 heterocycles. The van der Waals surface area contributed by atoms with Gasteiger partial charge in [-0.1, -0.05) is 74.9 Å². The molecular formula is C38H53N5O6. The fourth-order valence-electron chi connectivity index (χ4n) is 7.74. The number of aromatic nitrogens is 1. The summed E-state index contributed by atoms with van der Waals surface area (Å²) in [6.07, 6.45) is 13.0. The summed E-state index contributed by atoms with van der Waals surface area (Å²) < 4.78 is 12.1. The number of nitrogens with one attached hydrogen (secondary N) is 3. The molecule has 1 aromatic carbocycles. The van der Waals surface area contributed by atoms with Crippen LogP contribution in [0.4, 0.5) is 5.82 Å². The summed E-state index contributed by atoms with van der Waals surface area (Å²) in [4.78, 5) is 45.1. The lowest BCUT2D eigenvalue weighted by atomic mass is 9.69. The first-order valence-corrected chi connectivity index (χ1v) is 18.1. The summed E-state index contributed by atoms with van der Waals surface area (Å²) >= 11 is 0. The van der Waals surface area contributed by atoms with Gasteiger partial charge in [0.25, 0.3) is 0 Å². The van der Waals surface area contributed by atoms with Crippen molar-refractivity contribution in [2.24, 2.45) is 17.8 Å². The van der Waals surface area contributed by atoms with Crippen molar-refractivity contribution in [3.05, 3.63) is 72.8 Å². The normalized spacial score (nSPS) is 20.8. The lowest BCUT2D eigenvalue weighted by Crippen LogP contribution is -2.52. The van der Waals surface area contributed by atoms with E-state index in [1.807, 2.05) is 53.4 Å². The first kappa shape index (κ1) is 36.2. The fourth-order valence-corrected chi connectivity index (χ4v) is 7.74. The largest absolute Gasteiger partial charge is 0.480 e. The number of hydrogen-bond acceptors (Lipinski definition) is 8. The maximum absolute atomic E-state index is 13.6. The third-order valence-corrected chi connectivity index (χ3v) is 10.3. The molecule has 0 spiro atoms. The van der Waals surface area contributed by atoms with Gasteiger partial charge in [0.2, 0.25) is 11.8 Å². The van der Waals surface area contributed by atoms with Crippen LogP contribution in [0.1, 0.15) is 76.2 Å². The minimum Gasteiger partial charge on any atom is -0.480 e. The topological polar surface area (TPSA) is 142 Å². The second-order valence-corrected chi connectivity index (χ2v) is 13.8. The van der Waals surface area contributed by atoms with Crippen molar-refractivity contribution < 1.29 is 29.0 Å². The van der Waals surface area contributed by atoms with Crippen molar-refractivity contribution in [2.45, 2.75) is 95.4 Å². The average molecular weight is 676 g/mol. The molecule has 1 aromatic heterocycles. The number of carboxylic acid groups (broad SMARTS) is 1. The van der Waals surface area contributed by atoms with Gasteiger partial charge < -0.3 is 35.4 Å². The number of rotatable bonds is 17. The van der Waals surface area contributed by atoms with E-state index in [0.717, 1.165) is 62.7 Å². The molecule has 5 rings (SSSR count). The monoisotopic (exact) mass is 675 g/mol. The number of ether oxygens (including phenoxy) is 2. The predicted molar refractivity (Wildman–Crippen MR) is 187 cm³/mol. The fraction of sp³-hybridized carbons (Fsp3) is 0.579. The molecule has 1 unspecified atom stereocenters. The molecule has 2 saturated carbocycles. The van der Waals surface area contributed by atoms with Gasteiger partial charge in [0.1, 0.15) is 25.1 Å². The van der Waals surface area contributed by atoms with Crippen molar-refractivity contribution >= 4 is 23.6 Å². The van der Waals surface area contributed by atoms with E-state index >= 15 is 0 Å². The number of anilines is 1. The number of carbonyl (C=O) groups is 3. The molecule has 2 aliphatic carbocycles. The molecule has 3 aliphatic rings. The standard InChI is InChI=1S/C38H53N5O6/c1-27(48-25-28-13-5-2-6-14-28)43-24-32(21-31(43)22-40-34-19-11-12-20-39-34)49-26-35(44)41-23-33(38(46)47)42-37(45)36(29-15-7-3-8-16-29)30-17-9-4-10-18-30/h2,5-6,11-14,19-20,29-33,36H,1,3-4,7-10,15-18,21-26H2,(H,39,40)(H,41,44)(H,42,45)(H,46,47)/t31-,32+,33?/m0/s1. The van der Waals surface area contributed by atoms with E-state index < -0.39 is 17.9 Å². The molecule has 11 nitrogen and oxygen atoms in total. The molecular weight excluding hydrogens is 622 g/mol. The minimum atomic E-state index is -1.21. The number of nitrogens with zero attached hydrogens (tertiary/aromatic N) is 2. The van der Waals surface area contributed by atoms with Gasteiger partial charge in [-0.25, -0.2) is 9.78 Å². The van der Waals surface area contributed by atoms with Crippen molar-refractivity contribution in [3.63, 3.8) is 0 Å². The average Bonchev–Trinajstić information content (AvgIpc) is 3.55.